The molecular formula is C21H26N4O4. The summed E-state index contributed by atoms with van der Waals surface area (Å²) in [6, 6.07) is 3.15. The number of nitrogens with one attached hydrogen (secondary N) is 1. The van der Waals surface area contributed by atoms with Crippen molar-refractivity contribution in [3.05, 3.63) is 58.2 Å². The number of pyridine rings is 1. The van der Waals surface area contributed by atoms with Gasteiger partial charge in [0.05, 0.1) is 17.8 Å². The molecule has 2 N–H and O–H groups in total. The van der Waals surface area contributed by atoms with E-state index >= 15 is 0 Å². The van der Waals surface area contributed by atoms with E-state index in [0.717, 1.165) is 5.69 Å². The minimum Gasteiger partial charge on any atom is -0.451 e. The largest absolute Gasteiger partial charge is 0.451 e. The van der Waals surface area contributed by atoms with Gasteiger partial charge < -0.3 is 19.4 Å². The van der Waals surface area contributed by atoms with Crippen LogP contribution >= 0.6 is 0 Å². The molecule has 29 heavy (non-hydrogen) atoms. The van der Waals surface area contributed by atoms with Crippen LogP contribution in [0, 0.1) is 11.8 Å². The average Bonchev–Trinajstić information content (AvgIpc) is 3.40. The summed E-state index contributed by atoms with van der Waals surface area (Å²) in [5.41, 5.74) is 2.19. The smallest absolute Gasteiger partial charge is 0.258 e. The van der Waals surface area contributed by atoms with Gasteiger partial charge in [0, 0.05) is 49.3 Å². The lowest BCUT2D eigenvalue weighted by Gasteiger charge is -2.30. The Morgan fingerprint density at radius 2 is 2.28 bits per heavy atom. The Labute approximate surface area is 168 Å². The molecule has 8 nitrogen and oxygen atoms in total. The monoisotopic (exact) mass is 398 g/mol. The number of rotatable bonds is 6. The van der Waals surface area contributed by atoms with Gasteiger partial charge in [-0.2, -0.15) is 0 Å². The zero-order valence-electron chi connectivity index (χ0n) is 16.6. The van der Waals surface area contributed by atoms with Crippen LogP contribution in [-0.4, -0.2) is 44.7 Å². The molecule has 4 heterocycles. The molecular weight excluding hydrogens is 372 g/mol. The van der Waals surface area contributed by atoms with E-state index in [2.05, 4.69) is 15.2 Å². The number of hydrogen-bond acceptors (Lipinski definition) is 6. The van der Waals surface area contributed by atoms with E-state index in [1.165, 1.54) is 6.39 Å². The topological polar surface area (TPSA) is 101 Å². The maximum absolute atomic E-state index is 12.9. The fourth-order valence-electron chi connectivity index (χ4n) is 4.89. The van der Waals surface area contributed by atoms with Crippen molar-refractivity contribution in [2.75, 3.05) is 13.2 Å². The number of fused-ring (bicyclic) bond motifs is 3. The summed E-state index contributed by atoms with van der Waals surface area (Å²) in [5.74, 6) is -0.417. The van der Waals surface area contributed by atoms with Crippen LogP contribution in [0.4, 0.5) is 0 Å². The Morgan fingerprint density at radius 3 is 2.93 bits per heavy atom. The van der Waals surface area contributed by atoms with Gasteiger partial charge in [0.2, 0.25) is 5.91 Å². The van der Waals surface area contributed by atoms with E-state index < -0.39 is 6.04 Å². The molecule has 2 aromatic rings. The Morgan fingerprint density at radius 1 is 1.45 bits per heavy atom. The number of aliphatic hydroxyl groups is 1. The summed E-state index contributed by atoms with van der Waals surface area (Å²) in [6.45, 7) is 5.04. The van der Waals surface area contributed by atoms with Crippen LogP contribution in [-0.2, 0) is 17.9 Å². The van der Waals surface area contributed by atoms with Gasteiger partial charge in [-0.05, 0) is 26.0 Å². The van der Waals surface area contributed by atoms with Crippen molar-refractivity contribution in [3.8, 4) is 0 Å². The molecule has 0 aromatic carbocycles. The van der Waals surface area contributed by atoms with E-state index in [1.54, 1.807) is 16.9 Å². The molecule has 2 aliphatic rings. The molecule has 4 rings (SSSR count). The number of hydrogen-bond donors (Lipinski definition) is 2. The Hall–Kier alpha value is -2.71. The molecule has 0 radical (unpaired) electrons. The maximum Gasteiger partial charge on any atom is 0.258 e. The first kappa shape index (κ1) is 19.6. The summed E-state index contributed by atoms with van der Waals surface area (Å²) in [5, 5.41) is 13.1. The molecule has 0 unspecified atom stereocenters. The Balaban J connectivity index is 1.79. The summed E-state index contributed by atoms with van der Waals surface area (Å²) in [4.78, 5) is 32.1. The SMILES string of the molecule is C/C=C/c1ccc2n(c1=O)C[C@H]1[C@H](CO)[C@@H](C(=O)NCC)N(Cc3cocn3)[C@@H]21. The van der Waals surface area contributed by atoms with Crippen molar-refractivity contribution < 1.29 is 14.3 Å². The predicted molar refractivity (Wildman–Crippen MR) is 107 cm³/mol. The minimum atomic E-state index is -0.495. The third-order valence-electron chi connectivity index (χ3n) is 6.01. The molecule has 1 fully saturated rings. The summed E-state index contributed by atoms with van der Waals surface area (Å²) in [7, 11) is 0. The molecule has 1 saturated heterocycles. The number of carbonyl (C=O) groups is 1. The van der Waals surface area contributed by atoms with Crippen molar-refractivity contribution in [2.24, 2.45) is 11.8 Å². The van der Waals surface area contributed by atoms with Crippen LogP contribution in [0.3, 0.4) is 0 Å². The van der Waals surface area contributed by atoms with E-state index in [-0.39, 0.29) is 36.0 Å². The maximum atomic E-state index is 12.9. The molecule has 1 amide bonds. The zero-order valence-corrected chi connectivity index (χ0v) is 16.6. The first-order valence-corrected chi connectivity index (χ1v) is 9.98. The van der Waals surface area contributed by atoms with E-state index in [4.69, 9.17) is 4.42 Å². The highest BCUT2D eigenvalue weighted by Crippen LogP contribution is 2.49. The van der Waals surface area contributed by atoms with Crippen LogP contribution < -0.4 is 10.9 Å². The van der Waals surface area contributed by atoms with Gasteiger partial charge in [0.25, 0.3) is 5.56 Å². The summed E-state index contributed by atoms with van der Waals surface area (Å²) < 4.78 is 6.90. The average molecular weight is 398 g/mol. The second-order valence-corrected chi connectivity index (χ2v) is 7.58. The third-order valence-corrected chi connectivity index (χ3v) is 6.01. The standard InChI is InChI=1S/C21H26N4O4/c1-3-5-13-6-7-17-18-15(9-24(17)21(13)28)16(10-26)19(20(27)22-4-2)25(18)8-14-11-29-12-23-14/h3,5-7,11-12,15-16,18-19,26H,4,8-10H2,1-2H3,(H,22,27)/b5-3+/t15-,16-,18+,19-/m0/s1. The number of nitrogens with zero attached hydrogens (tertiary/aromatic N) is 3. The number of amides is 1. The van der Waals surface area contributed by atoms with Crippen LogP contribution in [0.25, 0.3) is 6.08 Å². The second kappa shape index (κ2) is 7.96. The molecule has 2 aromatic heterocycles. The number of allylic oxidation sites excluding steroid dienone is 1. The van der Waals surface area contributed by atoms with Gasteiger partial charge in [0.15, 0.2) is 6.39 Å². The first-order chi connectivity index (χ1) is 14.1. The van der Waals surface area contributed by atoms with Gasteiger partial charge >= 0.3 is 0 Å². The van der Waals surface area contributed by atoms with E-state index in [1.807, 2.05) is 32.1 Å². The Kier molecular flexibility index (Phi) is 5.38. The summed E-state index contributed by atoms with van der Waals surface area (Å²) >= 11 is 0. The molecule has 2 aliphatic heterocycles. The molecule has 0 saturated carbocycles. The number of likely N-dealkylation sites (tertiary alicyclic amines) is 1. The second-order valence-electron chi connectivity index (χ2n) is 7.58. The number of oxazole rings is 1. The highest BCUT2D eigenvalue weighted by Gasteiger charge is 2.55. The Bertz CT molecular complexity index is 966. The van der Waals surface area contributed by atoms with Gasteiger partial charge in [-0.1, -0.05) is 12.2 Å². The van der Waals surface area contributed by atoms with Crippen LogP contribution in [0.2, 0.25) is 0 Å². The molecule has 4 atom stereocenters. The van der Waals surface area contributed by atoms with E-state index in [9.17, 15) is 14.7 Å². The van der Waals surface area contributed by atoms with Gasteiger partial charge in [-0.3, -0.25) is 14.5 Å². The fraction of sp³-hybridized carbons (Fsp3) is 0.476. The first-order valence-electron chi connectivity index (χ1n) is 9.98. The van der Waals surface area contributed by atoms with Gasteiger partial charge in [-0.25, -0.2) is 4.98 Å². The third kappa shape index (κ3) is 3.22. The van der Waals surface area contributed by atoms with Crippen LogP contribution in [0.1, 0.15) is 36.8 Å². The van der Waals surface area contributed by atoms with Crippen molar-refractivity contribution in [1.29, 1.82) is 0 Å². The lowest BCUT2D eigenvalue weighted by Crippen LogP contribution is -2.48. The predicted octanol–water partition coefficient (Wildman–Crippen LogP) is 1.17. The van der Waals surface area contributed by atoms with E-state index in [0.29, 0.717) is 30.9 Å². The molecule has 0 bridgehead atoms. The molecule has 8 heteroatoms. The molecule has 154 valence electrons. The quantitative estimate of drug-likeness (QED) is 0.758. The minimum absolute atomic E-state index is 0.0342. The highest BCUT2D eigenvalue weighted by molar-refractivity contribution is 5.82. The van der Waals surface area contributed by atoms with Crippen molar-refractivity contribution in [2.45, 2.75) is 39.0 Å². The lowest BCUT2D eigenvalue weighted by atomic mass is 9.88. The number of likely N-dealkylation sites (N-methyl/N-ethyl adjacent to an activating group) is 1. The number of aliphatic hydroxyl groups excluding tert-OH is 1. The fourth-order valence-corrected chi connectivity index (χ4v) is 4.89. The van der Waals surface area contributed by atoms with Crippen LogP contribution in [0.5, 0.6) is 0 Å². The summed E-state index contributed by atoms with van der Waals surface area (Å²) in [6.07, 6.45) is 6.58. The highest BCUT2D eigenvalue weighted by atomic mass is 16.3. The van der Waals surface area contributed by atoms with Crippen molar-refractivity contribution in [1.82, 2.24) is 19.8 Å². The van der Waals surface area contributed by atoms with Crippen LogP contribution in [0.15, 0.2) is 40.1 Å². The van der Waals surface area contributed by atoms with Gasteiger partial charge in [0.1, 0.15) is 6.26 Å². The number of aromatic nitrogens is 2. The zero-order chi connectivity index (χ0) is 20.5. The van der Waals surface area contributed by atoms with Crippen molar-refractivity contribution in [3.63, 3.8) is 0 Å². The van der Waals surface area contributed by atoms with Crippen molar-refractivity contribution >= 4 is 12.0 Å². The lowest BCUT2D eigenvalue weighted by molar-refractivity contribution is -0.127. The van der Waals surface area contributed by atoms with Gasteiger partial charge in [-0.15, -0.1) is 0 Å². The normalized spacial score (nSPS) is 26.0. The molecule has 0 aliphatic carbocycles. The number of carbonyl (C=O) groups excluding carboxylic acids is 1. The molecule has 0 spiro atoms.